The lowest BCUT2D eigenvalue weighted by Crippen LogP contribution is -2.29. The lowest BCUT2D eigenvalue weighted by atomic mass is 10.1. The second kappa shape index (κ2) is 3.96. The molecule has 72 valence electrons. The monoisotopic (exact) mass is 273 g/mol. The van der Waals surface area contributed by atoms with Gasteiger partial charge >= 0.3 is 0 Å². The Morgan fingerprint density at radius 1 is 1.54 bits per heavy atom. The zero-order valence-electron chi connectivity index (χ0n) is 19.2. The summed E-state index contributed by atoms with van der Waals surface area (Å²) < 4.78 is 101. The number of thiazole rings is 1. The van der Waals surface area contributed by atoms with Crippen LogP contribution in [0.25, 0.3) is 0 Å². The molecule has 0 atom stereocenters. The Kier molecular flexibility index (Phi) is 0.771. The number of rotatable bonds is 1. The average molecular weight is 274 g/mol. The van der Waals surface area contributed by atoms with Crippen molar-refractivity contribution < 1.29 is 17.8 Å². The van der Waals surface area contributed by atoms with Crippen molar-refractivity contribution >= 4 is 32.4 Å². The van der Waals surface area contributed by atoms with E-state index in [-0.39, 0.29) is 8.69 Å². The van der Waals surface area contributed by atoms with E-state index < -0.39 is 49.8 Å². The van der Waals surface area contributed by atoms with Gasteiger partial charge in [0.15, 0.2) is 5.13 Å². The number of aryl methyl sites for hydroxylation is 1. The number of hydrogen-bond donors (Lipinski definition) is 0. The number of anilines is 1. The summed E-state index contributed by atoms with van der Waals surface area (Å²) in [6, 6.07) is 0. The van der Waals surface area contributed by atoms with Gasteiger partial charge in [0.25, 0.3) is 0 Å². The molecule has 0 saturated carbocycles. The zero-order chi connectivity index (χ0) is 20.7. The first kappa shape index (κ1) is 2.53. The zero-order valence-corrected chi connectivity index (χ0v) is 8.58. The summed E-state index contributed by atoms with van der Waals surface area (Å²) in [5.74, 6) is 0. The minimum atomic E-state index is -3.54. The van der Waals surface area contributed by atoms with Gasteiger partial charge in [-0.3, -0.25) is 0 Å². The third-order valence-corrected chi connectivity index (χ3v) is 2.92. The Hall–Kier alpha value is -0.0900. The molecule has 0 N–H and O–H groups in total. The van der Waals surface area contributed by atoms with Gasteiger partial charge < -0.3 is 4.90 Å². The van der Waals surface area contributed by atoms with E-state index in [1.807, 2.05) is 0 Å². The summed E-state index contributed by atoms with van der Waals surface area (Å²) in [6.07, 6.45) is -10.5. The molecule has 1 aliphatic rings. The van der Waals surface area contributed by atoms with Crippen molar-refractivity contribution in [3.05, 3.63) is 9.48 Å². The van der Waals surface area contributed by atoms with Crippen LogP contribution >= 0.6 is 27.3 Å². The second-order valence-electron chi connectivity index (χ2n) is 2.05. The Morgan fingerprint density at radius 3 is 2.92 bits per heavy atom. The Morgan fingerprint density at radius 2 is 2.31 bits per heavy atom. The first-order valence-corrected chi connectivity index (χ1v) is 4.82. The highest BCUT2D eigenvalue weighted by molar-refractivity contribution is 9.11. The molecular formula is C9H13BrN2S. The third kappa shape index (κ3) is 2.05. The van der Waals surface area contributed by atoms with E-state index in [0.29, 0.717) is 11.3 Å². The molecule has 2 heterocycles. The molecular weight excluding hydrogens is 248 g/mol. The van der Waals surface area contributed by atoms with Gasteiger partial charge in [-0.25, -0.2) is 4.98 Å². The maximum Gasteiger partial charge on any atom is 0.186 e. The highest BCUT2D eigenvalue weighted by Gasteiger charge is 2.15. The Bertz CT molecular complexity index is 694. The lowest BCUT2D eigenvalue weighted by Gasteiger charge is -2.25. The van der Waals surface area contributed by atoms with Gasteiger partial charge in [0, 0.05) is 30.8 Å². The largest absolute Gasteiger partial charge is 0.348 e. The maximum absolute atomic E-state index is 8.03. The van der Waals surface area contributed by atoms with Gasteiger partial charge in [-0.15, -0.1) is 0 Å². The molecule has 1 aromatic rings. The number of hydrogen-bond acceptors (Lipinski definition) is 3. The standard InChI is InChI=1S/C9H13BrN2S/c1-7-8(10)13-9(11-7)12-5-3-2-4-6-12/h2-6H2,1H3/i1D3,2D2,3D2,4D2,5D2,6D2. The van der Waals surface area contributed by atoms with Crippen molar-refractivity contribution in [1.82, 2.24) is 4.98 Å². The van der Waals surface area contributed by atoms with Crippen LogP contribution in [0.4, 0.5) is 5.13 Å². The normalized spacial score (nSPS) is 53.0. The molecule has 1 aliphatic heterocycles. The van der Waals surface area contributed by atoms with Crippen molar-refractivity contribution in [3.8, 4) is 0 Å². The van der Waals surface area contributed by atoms with Crippen LogP contribution in [0.2, 0.25) is 0 Å². The summed E-state index contributed by atoms with van der Waals surface area (Å²) in [6.45, 7) is -9.49. The van der Waals surface area contributed by atoms with Crippen molar-refractivity contribution in [2.75, 3.05) is 17.9 Å². The fraction of sp³-hybridized carbons (Fsp3) is 0.667. The Labute approximate surface area is 109 Å². The summed E-state index contributed by atoms with van der Waals surface area (Å²) >= 11 is 3.43. The predicted octanol–water partition coefficient (Wildman–Crippen LogP) is 3.20. The number of aromatic nitrogens is 1. The number of nitrogens with zero attached hydrogens (tertiary/aromatic N) is 2. The van der Waals surface area contributed by atoms with Crippen LogP contribution in [-0.4, -0.2) is 18.0 Å². The molecule has 0 spiro atoms. The minimum Gasteiger partial charge on any atom is -0.348 e. The smallest absolute Gasteiger partial charge is 0.186 e. The molecule has 0 radical (unpaired) electrons. The molecule has 0 bridgehead atoms. The maximum atomic E-state index is 8.03. The summed E-state index contributed by atoms with van der Waals surface area (Å²) in [4.78, 5) is 3.72. The van der Waals surface area contributed by atoms with Crippen LogP contribution in [0, 0.1) is 6.85 Å². The van der Waals surface area contributed by atoms with Gasteiger partial charge in [0.1, 0.15) is 0 Å². The topological polar surface area (TPSA) is 16.1 Å². The summed E-state index contributed by atoms with van der Waals surface area (Å²) in [5, 5.41) is -0.624. The highest BCUT2D eigenvalue weighted by Crippen LogP contribution is 2.31. The number of halogens is 1. The van der Waals surface area contributed by atoms with E-state index in [1.165, 1.54) is 0 Å². The van der Waals surface area contributed by atoms with Crippen LogP contribution in [0.15, 0.2) is 3.79 Å². The van der Waals surface area contributed by atoms with Crippen LogP contribution in [0.3, 0.4) is 0 Å². The van der Waals surface area contributed by atoms with E-state index in [2.05, 4.69) is 20.9 Å². The van der Waals surface area contributed by atoms with E-state index >= 15 is 0 Å². The average Bonchev–Trinajstić information content (AvgIpc) is 2.77. The molecule has 2 nitrogen and oxygen atoms in total. The van der Waals surface area contributed by atoms with Crippen LogP contribution in [-0.2, 0) is 0 Å². The van der Waals surface area contributed by atoms with Gasteiger partial charge in [-0.1, -0.05) is 11.3 Å². The van der Waals surface area contributed by atoms with Crippen molar-refractivity contribution in [1.29, 1.82) is 0 Å². The van der Waals surface area contributed by atoms with Crippen molar-refractivity contribution in [2.24, 2.45) is 0 Å². The third-order valence-electron chi connectivity index (χ3n) is 1.23. The van der Waals surface area contributed by atoms with E-state index in [4.69, 9.17) is 17.8 Å². The molecule has 0 aromatic carbocycles. The first-order chi connectivity index (χ1) is 11.2. The molecule has 0 amide bonds. The molecule has 2 rings (SSSR count). The summed E-state index contributed by atoms with van der Waals surface area (Å²) in [5.41, 5.74) is -0.515. The van der Waals surface area contributed by atoms with E-state index in [0.717, 1.165) is 0 Å². The van der Waals surface area contributed by atoms with Crippen LogP contribution in [0.1, 0.15) is 42.6 Å². The summed E-state index contributed by atoms with van der Waals surface area (Å²) in [7, 11) is 0. The van der Waals surface area contributed by atoms with Gasteiger partial charge in [-0.2, -0.15) is 0 Å². The van der Waals surface area contributed by atoms with Crippen molar-refractivity contribution in [3.63, 3.8) is 0 Å². The molecule has 13 heavy (non-hydrogen) atoms. The fourth-order valence-corrected chi connectivity index (χ4v) is 1.85. The molecule has 1 fully saturated rings. The van der Waals surface area contributed by atoms with Crippen LogP contribution in [0.5, 0.6) is 0 Å². The number of piperidine rings is 1. The van der Waals surface area contributed by atoms with Crippen molar-refractivity contribution in [2.45, 2.75) is 26.0 Å². The molecule has 1 aromatic heterocycles. The SMILES string of the molecule is [2H]C([2H])([2H])c1nc(N2C([2H])([2H])C([2H])([2H])C([2H])([2H])C([2H])([2H])C2([2H])[2H])sc1Br. The molecule has 0 unspecified atom stereocenters. The van der Waals surface area contributed by atoms with Gasteiger partial charge in [0.05, 0.1) is 9.48 Å². The second-order valence-corrected chi connectivity index (χ2v) is 4.35. The van der Waals surface area contributed by atoms with Gasteiger partial charge in [-0.05, 0) is 41.9 Å². The first-order valence-electron chi connectivity index (χ1n) is 9.72. The lowest BCUT2D eigenvalue weighted by molar-refractivity contribution is 0.576. The Balaban J connectivity index is 2.79. The van der Waals surface area contributed by atoms with Crippen LogP contribution < -0.4 is 4.90 Å². The minimum absolute atomic E-state index is 0.0476. The quantitative estimate of drug-likeness (QED) is 0.781. The highest BCUT2D eigenvalue weighted by atomic mass is 79.9. The molecule has 0 aliphatic carbocycles. The van der Waals surface area contributed by atoms with E-state index in [9.17, 15) is 0 Å². The molecule has 4 heteroatoms. The molecule has 1 saturated heterocycles. The fourth-order valence-electron chi connectivity index (χ4n) is 0.709. The van der Waals surface area contributed by atoms with Gasteiger partial charge in [0.2, 0.25) is 0 Å². The van der Waals surface area contributed by atoms with E-state index in [1.54, 1.807) is 0 Å². The predicted molar refractivity (Wildman–Crippen MR) is 60.6 cm³/mol.